The largest absolute Gasteiger partial charge is 0.487 e. The van der Waals surface area contributed by atoms with E-state index in [4.69, 9.17) is 18.7 Å². The predicted octanol–water partition coefficient (Wildman–Crippen LogP) is 4.79. The summed E-state index contributed by atoms with van der Waals surface area (Å²) in [7, 11) is 0. The van der Waals surface area contributed by atoms with E-state index in [0.717, 1.165) is 10.3 Å². The van der Waals surface area contributed by atoms with E-state index < -0.39 is 0 Å². The highest BCUT2D eigenvalue weighted by molar-refractivity contribution is 7.10. The van der Waals surface area contributed by atoms with Gasteiger partial charge in [0.05, 0.1) is 18.6 Å². The molecule has 0 fully saturated rings. The SMILES string of the molecule is CCOC(=O)c1ccc(OCc2noc3cc(OC(=O)Cc4cccs4)ccc23)cc1. The standard InChI is InChI=1S/C23H19NO6S/c1-2-27-23(26)15-5-7-16(8-6-15)28-14-20-19-10-9-17(12-21(19)30-24-20)29-22(25)13-18-4-3-11-31-18/h3-12H,2,13-14H2,1H3. The van der Waals surface area contributed by atoms with Crippen molar-refractivity contribution in [3.05, 3.63) is 76.1 Å². The van der Waals surface area contributed by atoms with Gasteiger partial charge in [-0.05, 0) is 54.8 Å². The highest BCUT2D eigenvalue weighted by Gasteiger charge is 2.13. The Labute approximate surface area is 182 Å². The van der Waals surface area contributed by atoms with E-state index in [2.05, 4.69) is 5.16 Å². The van der Waals surface area contributed by atoms with Crippen molar-refractivity contribution in [2.75, 3.05) is 6.61 Å². The van der Waals surface area contributed by atoms with E-state index in [9.17, 15) is 9.59 Å². The number of fused-ring (bicyclic) bond motifs is 1. The third-order valence-corrected chi connectivity index (χ3v) is 5.27. The molecule has 4 aromatic rings. The van der Waals surface area contributed by atoms with Crippen LogP contribution in [0.4, 0.5) is 0 Å². The Kier molecular flexibility index (Phi) is 6.28. The third kappa shape index (κ3) is 5.10. The van der Waals surface area contributed by atoms with Crippen LogP contribution in [0.3, 0.4) is 0 Å². The second-order valence-corrected chi connectivity index (χ2v) is 7.58. The number of carbonyl (C=O) groups is 2. The first-order valence-corrected chi connectivity index (χ1v) is 10.5. The maximum Gasteiger partial charge on any atom is 0.338 e. The summed E-state index contributed by atoms with van der Waals surface area (Å²) in [6.07, 6.45) is 0.222. The van der Waals surface area contributed by atoms with E-state index in [1.807, 2.05) is 17.5 Å². The zero-order valence-corrected chi connectivity index (χ0v) is 17.5. The molecule has 0 bridgehead atoms. The topological polar surface area (TPSA) is 87.9 Å². The Morgan fingerprint density at radius 3 is 2.61 bits per heavy atom. The van der Waals surface area contributed by atoms with Crippen molar-refractivity contribution in [3.8, 4) is 11.5 Å². The van der Waals surface area contributed by atoms with E-state index in [1.54, 1.807) is 49.4 Å². The number of thiophene rings is 1. The summed E-state index contributed by atoms with van der Waals surface area (Å²) >= 11 is 1.51. The van der Waals surface area contributed by atoms with Crippen molar-refractivity contribution in [1.29, 1.82) is 0 Å². The van der Waals surface area contributed by atoms with Gasteiger partial charge in [0.2, 0.25) is 0 Å². The van der Waals surface area contributed by atoms with Gasteiger partial charge in [-0.1, -0.05) is 11.2 Å². The van der Waals surface area contributed by atoms with Crippen LogP contribution in [0.2, 0.25) is 0 Å². The van der Waals surface area contributed by atoms with E-state index in [0.29, 0.717) is 34.9 Å². The molecule has 0 spiro atoms. The molecule has 0 atom stereocenters. The van der Waals surface area contributed by atoms with Crippen molar-refractivity contribution < 1.29 is 28.3 Å². The molecule has 0 aliphatic rings. The highest BCUT2D eigenvalue weighted by atomic mass is 32.1. The van der Waals surface area contributed by atoms with Gasteiger partial charge >= 0.3 is 11.9 Å². The summed E-state index contributed by atoms with van der Waals surface area (Å²) in [4.78, 5) is 24.7. The van der Waals surface area contributed by atoms with Gasteiger partial charge in [-0.3, -0.25) is 4.79 Å². The van der Waals surface area contributed by atoms with E-state index in [1.165, 1.54) is 11.3 Å². The number of rotatable bonds is 8. The van der Waals surface area contributed by atoms with E-state index in [-0.39, 0.29) is 25.0 Å². The van der Waals surface area contributed by atoms with Gasteiger partial charge in [0.15, 0.2) is 5.58 Å². The quantitative estimate of drug-likeness (QED) is 0.289. The summed E-state index contributed by atoms with van der Waals surface area (Å²) in [5.74, 6) is 0.273. The first kappa shape index (κ1) is 20.6. The third-order valence-electron chi connectivity index (χ3n) is 4.39. The highest BCUT2D eigenvalue weighted by Crippen LogP contribution is 2.25. The lowest BCUT2D eigenvalue weighted by Crippen LogP contribution is -2.10. The fourth-order valence-electron chi connectivity index (χ4n) is 2.91. The normalized spacial score (nSPS) is 10.7. The molecule has 2 heterocycles. The fraction of sp³-hybridized carbons (Fsp3) is 0.174. The first-order chi connectivity index (χ1) is 15.1. The minimum Gasteiger partial charge on any atom is -0.487 e. The van der Waals surface area contributed by atoms with Crippen LogP contribution >= 0.6 is 11.3 Å². The Morgan fingerprint density at radius 1 is 1.06 bits per heavy atom. The maximum atomic E-state index is 12.1. The van der Waals surface area contributed by atoms with Gasteiger partial charge in [0.1, 0.15) is 23.8 Å². The number of nitrogens with zero attached hydrogens (tertiary/aromatic N) is 1. The second-order valence-electron chi connectivity index (χ2n) is 6.55. The maximum absolute atomic E-state index is 12.1. The fourth-order valence-corrected chi connectivity index (χ4v) is 3.60. The van der Waals surface area contributed by atoms with Gasteiger partial charge in [-0.25, -0.2) is 4.79 Å². The number of hydrogen-bond acceptors (Lipinski definition) is 8. The number of hydrogen-bond donors (Lipinski definition) is 0. The molecular weight excluding hydrogens is 418 g/mol. The number of esters is 2. The summed E-state index contributed by atoms with van der Waals surface area (Å²) in [6, 6.07) is 15.6. The Morgan fingerprint density at radius 2 is 1.87 bits per heavy atom. The van der Waals surface area contributed by atoms with Crippen molar-refractivity contribution in [2.45, 2.75) is 20.0 Å². The molecule has 0 unspecified atom stereocenters. The number of ether oxygens (including phenoxy) is 3. The van der Waals surface area contributed by atoms with Crippen LogP contribution in [-0.2, 0) is 22.6 Å². The molecule has 0 aliphatic heterocycles. The molecule has 2 aromatic heterocycles. The number of aromatic nitrogens is 1. The molecule has 31 heavy (non-hydrogen) atoms. The van der Waals surface area contributed by atoms with Gasteiger partial charge in [-0.2, -0.15) is 0 Å². The van der Waals surface area contributed by atoms with Crippen LogP contribution in [0.5, 0.6) is 11.5 Å². The van der Waals surface area contributed by atoms with Crippen molar-refractivity contribution in [3.63, 3.8) is 0 Å². The minimum atomic E-state index is -0.372. The lowest BCUT2D eigenvalue weighted by atomic mass is 10.2. The predicted molar refractivity (Wildman–Crippen MR) is 114 cm³/mol. The molecular formula is C23H19NO6S. The van der Waals surface area contributed by atoms with Gasteiger partial charge in [0, 0.05) is 16.3 Å². The molecule has 4 rings (SSSR count). The van der Waals surface area contributed by atoms with Crippen molar-refractivity contribution in [1.82, 2.24) is 5.16 Å². The van der Waals surface area contributed by atoms with Crippen molar-refractivity contribution >= 4 is 34.2 Å². The first-order valence-electron chi connectivity index (χ1n) is 9.63. The molecule has 8 heteroatoms. The Hall–Kier alpha value is -3.65. The Bertz CT molecular complexity index is 1180. The zero-order chi connectivity index (χ0) is 21.6. The molecule has 0 aliphatic carbocycles. The van der Waals surface area contributed by atoms with Gasteiger partial charge in [-0.15, -0.1) is 11.3 Å². The minimum absolute atomic E-state index is 0.184. The number of benzene rings is 2. The van der Waals surface area contributed by atoms with Crippen LogP contribution in [0.15, 0.2) is 64.5 Å². The summed E-state index contributed by atoms with van der Waals surface area (Å²) in [6.45, 7) is 2.27. The van der Waals surface area contributed by atoms with Crippen LogP contribution < -0.4 is 9.47 Å². The lowest BCUT2D eigenvalue weighted by Gasteiger charge is -2.06. The summed E-state index contributed by atoms with van der Waals surface area (Å²) in [5.41, 5.74) is 1.57. The molecule has 2 aromatic carbocycles. The lowest BCUT2D eigenvalue weighted by molar-refractivity contribution is -0.133. The monoisotopic (exact) mass is 437 g/mol. The molecule has 0 N–H and O–H groups in total. The van der Waals surface area contributed by atoms with Crippen LogP contribution in [0.1, 0.15) is 27.9 Å². The van der Waals surface area contributed by atoms with E-state index >= 15 is 0 Å². The summed E-state index contributed by atoms with van der Waals surface area (Å²) < 4.78 is 21.5. The average Bonchev–Trinajstić information content (AvgIpc) is 3.42. The van der Waals surface area contributed by atoms with Gasteiger partial charge < -0.3 is 18.7 Å². The smallest absolute Gasteiger partial charge is 0.338 e. The van der Waals surface area contributed by atoms with Crippen LogP contribution in [0.25, 0.3) is 11.0 Å². The van der Waals surface area contributed by atoms with Crippen LogP contribution in [0, 0.1) is 0 Å². The zero-order valence-electron chi connectivity index (χ0n) is 16.7. The Balaban J connectivity index is 1.38. The summed E-state index contributed by atoms with van der Waals surface area (Å²) in [5, 5.41) is 6.73. The molecule has 7 nitrogen and oxygen atoms in total. The molecule has 0 saturated carbocycles. The number of carbonyl (C=O) groups excluding carboxylic acids is 2. The van der Waals surface area contributed by atoms with Crippen molar-refractivity contribution in [2.24, 2.45) is 0 Å². The molecule has 0 saturated heterocycles. The second kappa shape index (κ2) is 9.44. The van der Waals surface area contributed by atoms with Gasteiger partial charge in [0.25, 0.3) is 0 Å². The molecule has 0 radical (unpaired) electrons. The molecule has 158 valence electrons. The molecule has 0 amide bonds. The average molecular weight is 437 g/mol. The van der Waals surface area contributed by atoms with Crippen LogP contribution in [-0.4, -0.2) is 23.7 Å².